The molecule has 0 spiro atoms. The molecule has 1 aliphatic carbocycles. The number of halogens is 1. The molecule has 2 aliphatic rings. The van der Waals surface area contributed by atoms with Gasteiger partial charge >= 0.3 is 0 Å². The van der Waals surface area contributed by atoms with Gasteiger partial charge in [0.25, 0.3) is 0 Å². The Kier molecular flexibility index (Phi) is 3.37. The van der Waals surface area contributed by atoms with E-state index in [4.69, 9.17) is 16.3 Å². The van der Waals surface area contributed by atoms with Crippen molar-refractivity contribution >= 4 is 17.4 Å². The second-order valence-corrected chi connectivity index (χ2v) is 4.97. The van der Waals surface area contributed by atoms with Crippen LogP contribution in [0.1, 0.15) is 30.5 Å². The standard InChI is InChI=1S/C13H16ClN3O/c14-13-16-11-6-2-1-5-10(11)12(17-13)15-8-9-4-3-7-18-9/h4H,1-3,5-8H2,(H,15,16,17). The Bertz CT molecular complexity index is 487. The SMILES string of the molecule is Clc1nc2c(c(NCC3=CCCO3)n1)CCCC2. The van der Waals surface area contributed by atoms with Crippen LogP contribution in [0, 0.1) is 0 Å². The van der Waals surface area contributed by atoms with Crippen LogP contribution in [0.25, 0.3) is 0 Å². The van der Waals surface area contributed by atoms with Crippen molar-refractivity contribution in [2.45, 2.75) is 32.1 Å². The molecule has 96 valence electrons. The van der Waals surface area contributed by atoms with Gasteiger partial charge in [0.05, 0.1) is 18.8 Å². The highest BCUT2D eigenvalue weighted by Gasteiger charge is 2.17. The molecular formula is C13H16ClN3O. The Morgan fingerprint density at radius 1 is 1.28 bits per heavy atom. The number of aryl methyl sites for hydroxylation is 1. The molecular weight excluding hydrogens is 250 g/mol. The van der Waals surface area contributed by atoms with Crippen molar-refractivity contribution in [1.29, 1.82) is 0 Å². The minimum atomic E-state index is 0.333. The minimum Gasteiger partial charge on any atom is -0.496 e. The molecule has 0 fully saturated rings. The van der Waals surface area contributed by atoms with Crippen molar-refractivity contribution in [2.75, 3.05) is 18.5 Å². The van der Waals surface area contributed by atoms with E-state index in [2.05, 4.69) is 21.4 Å². The molecule has 5 heteroatoms. The van der Waals surface area contributed by atoms with E-state index in [0.717, 1.165) is 43.1 Å². The molecule has 0 radical (unpaired) electrons. The van der Waals surface area contributed by atoms with Gasteiger partial charge in [0.1, 0.15) is 11.6 Å². The monoisotopic (exact) mass is 265 g/mol. The summed E-state index contributed by atoms with van der Waals surface area (Å²) < 4.78 is 5.47. The van der Waals surface area contributed by atoms with Gasteiger partial charge in [0, 0.05) is 12.0 Å². The normalized spacial score (nSPS) is 17.9. The van der Waals surface area contributed by atoms with Gasteiger partial charge in [-0.2, -0.15) is 0 Å². The molecule has 0 aromatic carbocycles. The first-order chi connectivity index (χ1) is 8.83. The van der Waals surface area contributed by atoms with Crippen LogP contribution in [0.5, 0.6) is 0 Å². The summed E-state index contributed by atoms with van der Waals surface area (Å²) in [6.07, 6.45) is 7.54. The smallest absolute Gasteiger partial charge is 0.224 e. The molecule has 0 unspecified atom stereocenters. The van der Waals surface area contributed by atoms with Crippen molar-refractivity contribution in [3.05, 3.63) is 28.4 Å². The zero-order valence-electron chi connectivity index (χ0n) is 10.2. The summed E-state index contributed by atoms with van der Waals surface area (Å²) in [4.78, 5) is 8.63. The lowest BCUT2D eigenvalue weighted by Crippen LogP contribution is -2.14. The average molecular weight is 266 g/mol. The van der Waals surface area contributed by atoms with E-state index in [-0.39, 0.29) is 0 Å². The number of rotatable bonds is 3. The number of aromatic nitrogens is 2. The fourth-order valence-electron chi connectivity index (χ4n) is 2.47. The van der Waals surface area contributed by atoms with Crippen molar-refractivity contribution in [3.63, 3.8) is 0 Å². The van der Waals surface area contributed by atoms with Crippen molar-refractivity contribution in [2.24, 2.45) is 0 Å². The molecule has 2 heterocycles. The van der Waals surface area contributed by atoms with E-state index >= 15 is 0 Å². The molecule has 0 saturated heterocycles. The van der Waals surface area contributed by atoms with E-state index in [9.17, 15) is 0 Å². The van der Waals surface area contributed by atoms with Crippen LogP contribution in [0.3, 0.4) is 0 Å². The topological polar surface area (TPSA) is 47.0 Å². The highest BCUT2D eigenvalue weighted by atomic mass is 35.5. The summed E-state index contributed by atoms with van der Waals surface area (Å²) in [6.45, 7) is 1.47. The average Bonchev–Trinajstić information content (AvgIpc) is 2.89. The maximum absolute atomic E-state index is 5.97. The maximum Gasteiger partial charge on any atom is 0.224 e. The Hall–Kier alpha value is -1.29. The van der Waals surface area contributed by atoms with E-state index in [1.54, 1.807) is 0 Å². The summed E-state index contributed by atoms with van der Waals surface area (Å²) in [5.74, 6) is 1.87. The first-order valence-corrected chi connectivity index (χ1v) is 6.82. The Morgan fingerprint density at radius 3 is 3.00 bits per heavy atom. The summed E-state index contributed by atoms with van der Waals surface area (Å²) in [7, 11) is 0. The first-order valence-electron chi connectivity index (χ1n) is 6.44. The summed E-state index contributed by atoms with van der Waals surface area (Å²) >= 11 is 5.97. The summed E-state index contributed by atoms with van der Waals surface area (Å²) in [5.41, 5.74) is 2.33. The van der Waals surface area contributed by atoms with E-state index in [0.29, 0.717) is 11.8 Å². The third kappa shape index (κ3) is 2.43. The van der Waals surface area contributed by atoms with Gasteiger partial charge in [-0.25, -0.2) is 9.97 Å². The lowest BCUT2D eigenvalue weighted by atomic mass is 9.96. The van der Waals surface area contributed by atoms with Gasteiger partial charge < -0.3 is 10.1 Å². The lowest BCUT2D eigenvalue weighted by Gasteiger charge is -2.18. The molecule has 0 saturated carbocycles. The van der Waals surface area contributed by atoms with E-state index in [1.165, 1.54) is 18.4 Å². The number of nitrogens with zero attached hydrogens (tertiary/aromatic N) is 2. The zero-order chi connectivity index (χ0) is 12.4. The van der Waals surface area contributed by atoms with Gasteiger partial charge in [-0.3, -0.25) is 0 Å². The molecule has 3 rings (SSSR count). The van der Waals surface area contributed by atoms with Gasteiger partial charge in [0.15, 0.2) is 0 Å². The molecule has 1 aromatic rings. The quantitative estimate of drug-likeness (QED) is 0.854. The van der Waals surface area contributed by atoms with Crippen molar-refractivity contribution < 1.29 is 4.74 Å². The summed E-state index contributed by atoms with van der Waals surface area (Å²) in [6, 6.07) is 0. The van der Waals surface area contributed by atoms with E-state index in [1.807, 2.05) is 0 Å². The minimum absolute atomic E-state index is 0.333. The third-order valence-corrected chi connectivity index (χ3v) is 3.53. The van der Waals surface area contributed by atoms with Gasteiger partial charge in [0.2, 0.25) is 5.28 Å². The lowest BCUT2D eigenvalue weighted by molar-refractivity contribution is 0.243. The largest absolute Gasteiger partial charge is 0.496 e. The molecule has 4 nitrogen and oxygen atoms in total. The summed E-state index contributed by atoms with van der Waals surface area (Å²) in [5, 5.41) is 3.66. The Morgan fingerprint density at radius 2 is 2.17 bits per heavy atom. The van der Waals surface area contributed by atoms with Crippen molar-refractivity contribution in [1.82, 2.24) is 9.97 Å². The van der Waals surface area contributed by atoms with Gasteiger partial charge in [-0.1, -0.05) is 0 Å². The fraction of sp³-hybridized carbons (Fsp3) is 0.538. The molecule has 1 N–H and O–H groups in total. The highest BCUT2D eigenvalue weighted by Crippen LogP contribution is 2.26. The Balaban J connectivity index is 1.79. The number of fused-ring (bicyclic) bond motifs is 1. The zero-order valence-corrected chi connectivity index (χ0v) is 11.0. The van der Waals surface area contributed by atoms with Crippen LogP contribution in [0.2, 0.25) is 5.28 Å². The van der Waals surface area contributed by atoms with Gasteiger partial charge in [-0.15, -0.1) is 0 Å². The predicted molar refractivity (Wildman–Crippen MR) is 70.8 cm³/mol. The van der Waals surface area contributed by atoms with Crippen LogP contribution in [0.15, 0.2) is 11.8 Å². The van der Waals surface area contributed by atoms with Crippen LogP contribution in [-0.4, -0.2) is 23.1 Å². The number of ether oxygens (including phenoxy) is 1. The second kappa shape index (κ2) is 5.14. The highest BCUT2D eigenvalue weighted by molar-refractivity contribution is 6.28. The Labute approximate surface area is 111 Å². The second-order valence-electron chi connectivity index (χ2n) is 4.63. The predicted octanol–water partition coefficient (Wildman–Crippen LogP) is 2.72. The molecule has 0 bridgehead atoms. The number of nitrogens with one attached hydrogen (secondary N) is 1. The van der Waals surface area contributed by atoms with Gasteiger partial charge in [-0.05, 0) is 43.4 Å². The van der Waals surface area contributed by atoms with Crippen LogP contribution < -0.4 is 5.32 Å². The van der Waals surface area contributed by atoms with Crippen LogP contribution in [0.4, 0.5) is 5.82 Å². The van der Waals surface area contributed by atoms with Crippen molar-refractivity contribution in [3.8, 4) is 0 Å². The van der Waals surface area contributed by atoms with E-state index < -0.39 is 0 Å². The molecule has 18 heavy (non-hydrogen) atoms. The number of anilines is 1. The third-order valence-electron chi connectivity index (χ3n) is 3.36. The number of hydrogen-bond donors (Lipinski definition) is 1. The van der Waals surface area contributed by atoms with Crippen LogP contribution >= 0.6 is 11.6 Å². The molecule has 1 aliphatic heterocycles. The maximum atomic E-state index is 5.97. The fourth-order valence-corrected chi connectivity index (χ4v) is 2.66. The molecule has 0 amide bonds. The molecule has 0 atom stereocenters. The first kappa shape index (κ1) is 11.8. The van der Waals surface area contributed by atoms with Crippen LogP contribution in [-0.2, 0) is 17.6 Å². The molecule has 1 aromatic heterocycles. The number of hydrogen-bond acceptors (Lipinski definition) is 4.